The van der Waals surface area contributed by atoms with Crippen LogP contribution in [0.15, 0.2) is 23.8 Å². The predicted octanol–water partition coefficient (Wildman–Crippen LogP) is 3.91. The standard InChI is InChI=1S/C23H22N4O2/c1-12(2)29-22-15(7-6-8-19(22)28-5)9-16-13(3)17(10-24)21-20(16)14(4)18(11-25)23(26)27-21/h6-9,12H,1-5H3,(H2,26,27)/p+1/b16-9+. The van der Waals surface area contributed by atoms with E-state index in [4.69, 9.17) is 15.2 Å². The van der Waals surface area contributed by atoms with Crippen molar-refractivity contribution in [3.05, 3.63) is 51.7 Å². The predicted molar refractivity (Wildman–Crippen MR) is 112 cm³/mol. The van der Waals surface area contributed by atoms with Crippen LogP contribution in [-0.4, -0.2) is 13.2 Å². The van der Waals surface area contributed by atoms with Gasteiger partial charge in [0.25, 0.3) is 5.82 Å². The van der Waals surface area contributed by atoms with E-state index in [9.17, 15) is 10.5 Å². The molecule has 0 aliphatic heterocycles. The SMILES string of the molecule is COc1cccc(/C=C2\C(C)=C(C#N)c3[nH+]c(N)c(C#N)c(C)c32)c1OC(C)C. The average Bonchev–Trinajstić information content (AvgIpc) is 2.93. The highest BCUT2D eigenvalue weighted by molar-refractivity contribution is 6.08. The van der Waals surface area contributed by atoms with E-state index in [1.807, 2.05) is 52.0 Å². The van der Waals surface area contributed by atoms with Gasteiger partial charge in [0.2, 0.25) is 0 Å². The normalized spacial score (nSPS) is 14.0. The highest BCUT2D eigenvalue weighted by Gasteiger charge is 2.32. The fourth-order valence-electron chi connectivity index (χ4n) is 3.60. The maximum absolute atomic E-state index is 9.73. The molecule has 1 aliphatic rings. The van der Waals surface area contributed by atoms with E-state index in [2.05, 4.69) is 17.1 Å². The molecule has 0 unspecified atom stereocenters. The maximum Gasteiger partial charge on any atom is 0.289 e. The molecule has 0 radical (unpaired) electrons. The summed E-state index contributed by atoms with van der Waals surface area (Å²) in [6.07, 6.45) is 1.93. The second kappa shape index (κ2) is 7.69. The third-order valence-electron chi connectivity index (χ3n) is 4.93. The average molecular weight is 387 g/mol. The number of H-pyrrole nitrogens is 1. The molecule has 6 nitrogen and oxygen atoms in total. The van der Waals surface area contributed by atoms with Crippen LogP contribution < -0.4 is 20.2 Å². The summed E-state index contributed by atoms with van der Waals surface area (Å²) in [5.74, 6) is 1.53. The molecule has 146 valence electrons. The lowest BCUT2D eigenvalue weighted by Crippen LogP contribution is -2.20. The molecule has 6 heteroatoms. The zero-order valence-electron chi connectivity index (χ0n) is 17.2. The fraction of sp³-hybridized carbons (Fsp3) is 0.261. The second-order valence-corrected chi connectivity index (χ2v) is 7.12. The quantitative estimate of drug-likeness (QED) is 0.856. The van der Waals surface area contributed by atoms with E-state index in [-0.39, 0.29) is 11.9 Å². The van der Waals surface area contributed by atoms with Crippen LogP contribution in [0.1, 0.15) is 48.7 Å². The lowest BCUT2D eigenvalue weighted by molar-refractivity contribution is -0.364. The van der Waals surface area contributed by atoms with Crippen LogP contribution in [0, 0.1) is 29.6 Å². The van der Waals surface area contributed by atoms with Gasteiger partial charge in [-0.05, 0) is 56.5 Å². The molecule has 0 spiro atoms. The van der Waals surface area contributed by atoms with Crippen LogP contribution in [0.2, 0.25) is 0 Å². The Bertz CT molecular complexity index is 1140. The number of nitriles is 2. The molecule has 0 saturated carbocycles. The molecule has 1 aromatic heterocycles. The number of hydrogen-bond acceptors (Lipinski definition) is 5. The van der Waals surface area contributed by atoms with Crippen molar-refractivity contribution >= 4 is 23.0 Å². The monoisotopic (exact) mass is 387 g/mol. The van der Waals surface area contributed by atoms with Gasteiger partial charge < -0.3 is 9.47 Å². The number of nitrogens with one attached hydrogen (secondary N) is 1. The lowest BCUT2D eigenvalue weighted by Gasteiger charge is -2.17. The fourth-order valence-corrected chi connectivity index (χ4v) is 3.60. The number of pyridine rings is 1. The van der Waals surface area contributed by atoms with Crippen LogP contribution >= 0.6 is 0 Å². The summed E-state index contributed by atoms with van der Waals surface area (Å²) in [5, 5.41) is 19.2. The van der Waals surface area contributed by atoms with Gasteiger partial charge in [-0.25, -0.2) is 4.98 Å². The van der Waals surface area contributed by atoms with Gasteiger partial charge in [-0.3, -0.25) is 5.73 Å². The number of fused-ring (bicyclic) bond motifs is 1. The summed E-state index contributed by atoms with van der Waals surface area (Å²) < 4.78 is 11.5. The highest BCUT2D eigenvalue weighted by atomic mass is 16.5. The first kappa shape index (κ1) is 20.0. The molecule has 1 aromatic carbocycles. The minimum atomic E-state index is -0.0364. The Morgan fingerprint density at radius 1 is 1.17 bits per heavy atom. The summed E-state index contributed by atoms with van der Waals surface area (Å²) in [5.41, 5.74) is 11.6. The molecule has 0 fully saturated rings. The van der Waals surface area contributed by atoms with Crippen LogP contribution in [0.25, 0.3) is 17.2 Å². The number of anilines is 1. The van der Waals surface area contributed by atoms with Gasteiger partial charge in [0.15, 0.2) is 17.2 Å². The molecule has 0 atom stereocenters. The molecule has 2 aromatic rings. The number of allylic oxidation sites excluding steroid dienone is 3. The number of rotatable bonds is 4. The molecule has 0 amide bonds. The molecule has 3 N–H and O–H groups in total. The van der Waals surface area contributed by atoms with Gasteiger partial charge in [0.05, 0.1) is 13.2 Å². The topological polar surface area (TPSA) is 106 Å². The number of nitrogens with zero attached hydrogens (tertiary/aromatic N) is 2. The van der Waals surface area contributed by atoms with E-state index in [1.165, 1.54) is 0 Å². The Labute approximate surface area is 170 Å². The molecule has 1 aliphatic carbocycles. The number of benzene rings is 1. The van der Waals surface area contributed by atoms with Crippen molar-refractivity contribution in [1.29, 1.82) is 10.5 Å². The number of ether oxygens (including phenoxy) is 2. The van der Waals surface area contributed by atoms with Gasteiger partial charge in [-0.15, -0.1) is 0 Å². The Morgan fingerprint density at radius 3 is 2.48 bits per heavy atom. The number of aromatic amines is 1. The van der Waals surface area contributed by atoms with Crippen molar-refractivity contribution in [3.8, 4) is 23.6 Å². The largest absolute Gasteiger partial charge is 0.493 e. The summed E-state index contributed by atoms with van der Waals surface area (Å²) in [6, 6.07) is 10.1. The van der Waals surface area contributed by atoms with Crippen molar-refractivity contribution in [1.82, 2.24) is 0 Å². The first-order valence-corrected chi connectivity index (χ1v) is 9.26. The first-order chi connectivity index (χ1) is 13.8. The number of hydrogen-bond donors (Lipinski definition) is 1. The van der Waals surface area contributed by atoms with E-state index in [0.717, 1.165) is 27.8 Å². The third kappa shape index (κ3) is 3.30. The van der Waals surface area contributed by atoms with Crippen molar-refractivity contribution < 1.29 is 14.5 Å². The van der Waals surface area contributed by atoms with Crippen LogP contribution in [0.3, 0.4) is 0 Å². The molecule has 3 rings (SSSR count). The van der Waals surface area contributed by atoms with Crippen molar-refractivity contribution in [2.24, 2.45) is 0 Å². The zero-order valence-corrected chi connectivity index (χ0v) is 17.2. The second-order valence-electron chi connectivity index (χ2n) is 7.12. The minimum Gasteiger partial charge on any atom is -0.493 e. The smallest absolute Gasteiger partial charge is 0.289 e. The third-order valence-corrected chi connectivity index (χ3v) is 4.93. The minimum absolute atomic E-state index is 0.0364. The van der Waals surface area contributed by atoms with Crippen LogP contribution in [-0.2, 0) is 0 Å². The summed E-state index contributed by atoms with van der Waals surface area (Å²) >= 11 is 0. The number of nitrogen functional groups attached to an aromatic ring is 1. The van der Waals surface area contributed by atoms with E-state index in [0.29, 0.717) is 28.3 Å². The summed E-state index contributed by atoms with van der Waals surface area (Å²) in [7, 11) is 1.60. The Balaban J connectivity index is 2.32. The number of methoxy groups -OCH3 is 1. The van der Waals surface area contributed by atoms with Gasteiger partial charge in [-0.2, -0.15) is 10.5 Å². The Hall–Kier alpha value is -3.77. The van der Waals surface area contributed by atoms with E-state index in [1.54, 1.807) is 7.11 Å². The van der Waals surface area contributed by atoms with Gasteiger partial charge in [0, 0.05) is 11.1 Å². The number of nitrogens with two attached hydrogens (primary N) is 1. The van der Waals surface area contributed by atoms with Gasteiger partial charge in [0.1, 0.15) is 23.3 Å². The van der Waals surface area contributed by atoms with Crippen LogP contribution in [0.4, 0.5) is 5.82 Å². The zero-order chi connectivity index (χ0) is 21.3. The van der Waals surface area contributed by atoms with Crippen molar-refractivity contribution in [2.45, 2.75) is 33.8 Å². The molecule has 0 saturated heterocycles. The molecular formula is C23H23N4O2+. The molecule has 0 bridgehead atoms. The lowest BCUT2D eigenvalue weighted by atomic mass is 9.95. The van der Waals surface area contributed by atoms with E-state index < -0.39 is 0 Å². The summed E-state index contributed by atoms with van der Waals surface area (Å²) in [4.78, 5) is 3.04. The van der Waals surface area contributed by atoms with E-state index >= 15 is 0 Å². The van der Waals surface area contributed by atoms with Crippen molar-refractivity contribution in [2.75, 3.05) is 12.8 Å². The highest BCUT2D eigenvalue weighted by Crippen LogP contribution is 2.44. The maximum atomic E-state index is 9.73. The van der Waals surface area contributed by atoms with Gasteiger partial charge in [-0.1, -0.05) is 12.1 Å². The number of aromatic nitrogens is 1. The molecule has 29 heavy (non-hydrogen) atoms. The Morgan fingerprint density at radius 2 is 1.90 bits per heavy atom. The molecule has 1 heterocycles. The Kier molecular flexibility index (Phi) is 5.30. The first-order valence-electron chi connectivity index (χ1n) is 9.26. The summed E-state index contributed by atoms with van der Waals surface area (Å²) in [6.45, 7) is 7.64. The van der Waals surface area contributed by atoms with Gasteiger partial charge >= 0.3 is 0 Å². The molecular weight excluding hydrogens is 364 g/mol. The van der Waals surface area contributed by atoms with Crippen molar-refractivity contribution in [3.63, 3.8) is 0 Å². The number of para-hydroxylation sites is 1. The van der Waals surface area contributed by atoms with Crippen LogP contribution in [0.5, 0.6) is 11.5 Å².